The maximum absolute atomic E-state index is 10.9. The van der Waals surface area contributed by atoms with Crippen LogP contribution in [0.2, 0.25) is 0 Å². The third-order valence-electron chi connectivity index (χ3n) is 3.44. The average molecular weight is 347 g/mol. The van der Waals surface area contributed by atoms with Crippen LogP contribution in [0.15, 0.2) is 24.3 Å². The van der Waals surface area contributed by atoms with Gasteiger partial charge in [-0.05, 0) is 29.3 Å². The number of phenols is 2. The van der Waals surface area contributed by atoms with Gasteiger partial charge in [0.2, 0.25) is 11.5 Å². The van der Waals surface area contributed by atoms with Crippen LogP contribution in [-0.2, 0) is 0 Å². The molecule has 2 aromatic rings. The minimum Gasteiger partial charge on any atom is -0.504 e. The van der Waals surface area contributed by atoms with Crippen molar-refractivity contribution in [2.24, 2.45) is 0 Å². The van der Waals surface area contributed by atoms with Crippen molar-refractivity contribution in [2.75, 3.05) is 21.3 Å². The molecule has 25 heavy (non-hydrogen) atoms. The molecule has 2 N–H and O–H groups in total. The summed E-state index contributed by atoms with van der Waals surface area (Å²) in [4.78, 5) is 10.1. The second-order valence-electron chi connectivity index (χ2n) is 4.96. The highest BCUT2D eigenvalue weighted by atomic mass is 16.6. The summed E-state index contributed by atoms with van der Waals surface area (Å²) in [5.41, 5.74) is 0.449. The number of ether oxygens (including phenoxy) is 3. The van der Waals surface area contributed by atoms with E-state index in [-0.39, 0.29) is 0 Å². The fourth-order valence-corrected chi connectivity index (χ4v) is 2.25. The van der Waals surface area contributed by atoms with E-state index in [1.54, 1.807) is 24.3 Å². The summed E-state index contributed by atoms with van der Waals surface area (Å²) in [5, 5.41) is 30.0. The highest BCUT2D eigenvalue weighted by Gasteiger charge is 2.18. The van der Waals surface area contributed by atoms with E-state index >= 15 is 0 Å². The first-order valence-electron chi connectivity index (χ1n) is 7.09. The van der Waals surface area contributed by atoms with Crippen molar-refractivity contribution >= 4 is 17.8 Å². The minimum absolute atomic E-state index is 0.343. The molecule has 0 saturated carbocycles. The monoisotopic (exact) mass is 347 g/mol. The van der Waals surface area contributed by atoms with Gasteiger partial charge in [-0.25, -0.2) is 0 Å². The van der Waals surface area contributed by atoms with Gasteiger partial charge in [0.15, 0.2) is 17.2 Å². The van der Waals surface area contributed by atoms with Crippen LogP contribution >= 0.6 is 0 Å². The second kappa shape index (κ2) is 7.43. The summed E-state index contributed by atoms with van der Waals surface area (Å²) < 4.78 is 15.7. The number of methoxy groups -OCH3 is 3. The zero-order chi connectivity index (χ0) is 18.6. The molecule has 2 rings (SSSR count). The van der Waals surface area contributed by atoms with E-state index in [4.69, 9.17) is 14.2 Å². The van der Waals surface area contributed by atoms with E-state index in [0.717, 1.165) is 6.07 Å². The van der Waals surface area contributed by atoms with E-state index in [0.29, 0.717) is 28.4 Å². The molecule has 0 aliphatic rings. The molecule has 0 amide bonds. The van der Waals surface area contributed by atoms with Crippen LogP contribution in [0, 0.1) is 10.1 Å². The van der Waals surface area contributed by atoms with Crippen molar-refractivity contribution in [2.45, 2.75) is 0 Å². The van der Waals surface area contributed by atoms with Crippen LogP contribution in [0.3, 0.4) is 0 Å². The van der Waals surface area contributed by atoms with E-state index in [1.165, 1.54) is 27.4 Å². The maximum Gasteiger partial charge on any atom is 0.315 e. The summed E-state index contributed by atoms with van der Waals surface area (Å²) in [6.45, 7) is 0. The molecule has 0 saturated heterocycles. The summed E-state index contributed by atoms with van der Waals surface area (Å²) in [7, 11) is 4.48. The molecule has 0 aliphatic carbocycles. The van der Waals surface area contributed by atoms with Crippen molar-refractivity contribution < 1.29 is 29.3 Å². The topological polar surface area (TPSA) is 111 Å². The van der Waals surface area contributed by atoms with Gasteiger partial charge in [-0.15, -0.1) is 0 Å². The number of phenolic OH excluding ortho intramolecular Hbond substituents is 2. The fourth-order valence-electron chi connectivity index (χ4n) is 2.25. The predicted molar refractivity (Wildman–Crippen MR) is 91.5 cm³/mol. The third kappa shape index (κ3) is 3.74. The minimum atomic E-state index is -0.772. The number of nitro benzene ring substituents is 1. The number of rotatable bonds is 6. The van der Waals surface area contributed by atoms with Gasteiger partial charge in [0, 0.05) is 6.07 Å². The zero-order valence-electron chi connectivity index (χ0n) is 13.8. The third-order valence-corrected chi connectivity index (χ3v) is 3.44. The maximum atomic E-state index is 10.9. The summed E-state index contributed by atoms with van der Waals surface area (Å²) in [5.74, 6) is 0.0239. The van der Waals surface area contributed by atoms with Crippen LogP contribution in [-0.4, -0.2) is 36.5 Å². The van der Waals surface area contributed by atoms with Crippen molar-refractivity contribution in [3.05, 3.63) is 45.5 Å². The van der Waals surface area contributed by atoms with Gasteiger partial charge < -0.3 is 24.4 Å². The Balaban J connectivity index is 2.44. The standard InChI is InChI=1S/C17H17NO7/c1-23-14-8-11(9-15(24-2)17(14)25-3)5-4-10-6-12(18(21)22)16(20)13(19)7-10/h4-9,19-20H,1-3H3. The van der Waals surface area contributed by atoms with E-state index in [1.807, 2.05) is 0 Å². The van der Waals surface area contributed by atoms with E-state index in [9.17, 15) is 20.3 Å². The van der Waals surface area contributed by atoms with Crippen molar-refractivity contribution in [3.63, 3.8) is 0 Å². The molecule has 0 aromatic heterocycles. The molecule has 8 nitrogen and oxygen atoms in total. The Morgan fingerprint density at radius 2 is 1.44 bits per heavy atom. The van der Waals surface area contributed by atoms with Crippen molar-refractivity contribution in [3.8, 4) is 28.7 Å². The molecular weight excluding hydrogens is 330 g/mol. The smallest absolute Gasteiger partial charge is 0.315 e. The largest absolute Gasteiger partial charge is 0.504 e. The molecule has 132 valence electrons. The number of nitro groups is 1. The van der Waals surface area contributed by atoms with Gasteiger partial charge in [-0.2, -0.15) is 0 Å². The molecule has 0 aliphatic heterocycles. The molecule has 8 heteroatoms. The summed E-state index contributed by atoms with van der Waals surface area (Å²) in [6.07, 6.45) is 3.20. The molecule has 0 spiro atoms. The number of hydrogen-bond acceptors (Lipinski definition) is 7. The lowest BCUT2D eigenvalue weighted by Crippen LogP contribution is -1.95. The molecule has 0 atom stereocenters. The average Bonchev–Trinajstić information content (AvgIpc) is 2.61. The van der Waals surface area contributed by atoms with Gasteiger partial charge in [-0.1, -0.05) is 12.2 Å². The number of aromatic hydroxyl groups is 2. The molecule has 0 bridgehead atoms. The fraction of sp³-hybridized carbons (Fsp3) is 0.176. The Kier molecular flexibility index (Phi) is 5.33. The molecule has 0 heterocycles. The Bertz CT molecular complexity index is 805. The summed E-state index contributed by atoms with van der Waals surface area (Å²) in [6, 6.07) is 5.78. The highest BCUT2D eigenvalue weighted by Crippen LogP contribution is 2.39. The highest BCUT2D eigenvalue weighted by molar-refractivity contribution is 5.75. The van der Waals surface area contributed by atoms with Crippen LogP contribution in [0.1, 0.15) is 11.1 Å². The van der Waals surface area contributed by atoms with Crippen LogP contribution in [0.25, 0.3) is 12.2 Å². The molecule has 0 unspecified atom stereocenters. The summed E-state index contributed by atoms with van der Waals surface area (Å²) >= 11 is 0. The van der Waals surface area contributed by atoms with Crippen molar-refractivity contribution in [1.82, 2.24) is 0 Å². The van der Waals surface area contributed by atoms with E-state index in [2.05, 4.69) is 0 Å². The van der Waals surface area contributed by atoms with Gasteiger partial charge in [0.05, 0.1) is 26.3 Å². The lowest BCUT2D eigenvalue weighted by atomic mass is 10.1. The number of benzene rings is 2. The van der Waals surface area contributed by atoms with Crippen LogP contribution in [0.4, 0.5) is 5.69 Å². The SMILES string of the molecule is COc1cc(C=Cc2cc(O)c(O)c([N+](=O)[O-])c2)cc(OC)c1OC. The zero-order valence-corrected chi connectivity index (χ0v) is 13.8. The Labute approximate surface area is 143 Å². The Morgan fingerprint density at radius 3 is 1.88 bits per heavy atom. The second-order valence-corrected chi connectivity index (χ2v) is 4.96. The number of nitrogens with zero attached hydrogens (tertiary/aromatic N) is 1. The van der Waals surface area contributed by atoms with Gasteiger partial charge in [-0.3, -0.25) is 10.1 Å². The van der Waals surface area contributed by atoms with Crippen LogP contribution < -0.4 is 14.2 Å². The van der Waals surface area contributed by atoms with Gasteiger partial charge in [0.1, 0.15) is 0 Å². The predicted octanol–water partition coefficient (Wildman–Crippen LogP) is 3.20. The lowest BCUT2D eigenvalue weighted by molar-refractivity contribution is -0.386. The molecule has 0 radical (unpaired) electrons. The van der Waals surface area contributed by atoms with E-state index < -0.39 is 22.1 Å². The van der Waals surface area contributed by atoms with Gasteiger partial charge >= 0.3 is 5.69 Å². The lowest BCUT2D eigenvalue weighted by Gasteiger charge is -2.12. The number of hydrogen-bond donors (Lipinski definition) is 2. The molecular formula is C17H17NO7. The van der Waals surface area contributed by atoms with Gasteiger partial charge in [0.25, 0.3) is 0 Å². The Hall–Kier alpha value is -3.42. The first kappa shape index (κ1) is 17.9. The quantitative estimate of drug-likeness (QED) is 0.357. The first-order valence-corrected chi connectivity index (χ1v) is 7.09. The molecule has 0 fully saturated rings. The van der Waals surface area contributed by atoms with Crippen molar-refractivity contribution in [1.29, 1.82) is 0 Å². The normalized spacial score (nSPS) is 10.7. The van der Waals surface area contributed by atoms with Crippen LogP contribution in [0.5, 0.6) is 28.7 Å². The Morgan fingerprint density at radius 1 is 0.920 bits per heavy atom. The molecule has 2 aromatic carbocycles. The first-order chi connectivity index (χ1) is 11.9.